The van der Waals surface area contributed by atoms with Gasteiger partial charge in [-0.2, -0.15) is 0 Å². The van der Waals surface area contributed by atoms with Gasteiger partial charge in [0, 0.05) is 10.0 Å². The number of carbonyl (C=O) groups excluding carboxylic acids is 1. The maximum atomic E-state index is 12.6. The molecule has 0 saturated heterocycles. The van der Waals surface area contributed by atoms with Gasteiger partial charge in [0.05, 0.1) is 17.2 Å². The SMILES string of the molecule is O=C1C(=C[N+](=O)[O-])c2ccc(Br)cc2N1Cc1ccccc1. The lowest BCUT2D eigenvalue weighted by molar-refractivity contribution is -0.401. The Hall–Kier alpha value is -2.47. The van der Waals surface area contributed by atoms with Crippen LogP contribution in [0.3, 0.4) is 0 Å². The third-order valence-corrected chi connectivity index (χ3v) is 3.93. The van der Waals surface area contributed by atoms with Crippen LogP contribution in [0.15, 0.2) is 59.2 Å². The van der Waals surface area contributed by atoms with Crippen LogP contribution in [0.4, 0.5) is 5.69 Å². The van der Waals surface area contributed by atoms with Gasteiger partial charge in [0.1, 0.15) is 5.57 Å². The summed E-state index contributed by atoms with van der Waals surface area (Å²) in [5, 5.41) is 10.8. The van der Waals surface area contributed by atoms with Gasteiger partial charge >= 0.3 is 0 Å². The Morgan fingerprint density at radius 2 is 1.91 bits per heavy atom. The highest BCUT2D eigenvalue weighted by molar-refractivity contribution is 9.10. The van der Waals surface area contributed by atoms with Crippen LogP contribution >= 0.6 is 15.9 Å². The predicted octanol–water partition coefficient (Wildman–Crippen LogP) is 3.61. The molecule has 0 N–H and O–H groups in total. The molecule has 2 aromatic rings. The largest absolute Gasteiger partial charge is 0.303 e. The van der Waals surface area contributed by atoms with Crippen LogP contribution in [0.5, 0.6) is 0 Å². The molecule has 1 aliphatic rings. The van der Waals surface area contributed by atoms with Gasteiger partial charge in [-0.1, -0.05) is 52.3 Å². The monoisotopic (exact) mass is 358 g/mol. The van der Waals surface area contributed by atoms with E-state index in [0.717, 1.165) is 16.2 Å². The van der Waals surface area contributed by atoms with Gasteiger partial charge < -0.3 is 4.90 Å². The number of anilines is 1. The van der Waals surface area contributed by atoms with E-state index in [-0.39, 0.29) is 11.5 Å². The van der Waals surface area contributed by atoms with Gasteiger partial charge in [-0.3, -0.25) is 14.9 Å². The van der Waals surface area contributed by atoms with Crippen molar-refractivity contribution in [3.05, 3.63) is 80.4 Å². The molecule has 0 aliphatic carbocycles. The highest BCUT2D eigenvalue weighted by Gasteiger charge is 2.34. The third-order valence-electron chi connectivity index (χ3n) is 3.43. The second-order valence-electron chi connectivity index (χ2n) is 4.87. The van der Waals surface area contributed by atoms with Crippen LogP contribution in [-0.4, -0.2) is 10.8 Å². The Labute approximate surface area is 135 Å². The van der Waals surface area contributed by atoms with Crippen molar-refractivity contribution in [2.24, 2.45) is 0 Å². The minimum Gasteiger partial charge on any atom is -0.303 e. The molecule has 0 spiro atoms. The summed E-state index contributed by atoms with van der Waals surface area (Å²) in [6.45, 7) is 0.373. The third kappa shape index (κ3) is 2.65. The van der Waals surface area contributed by atoms with Crippen LogP contribution < -0.4 is 4.90 Å². The Kier molecular flexibility index (Phi) is 3.77. The van der Waals surface area contributed by atoms with Crippen LogP contribution in [0.2, 0.25) is 0 Å². The number of amides is 1. The highest BCUT2D eigenvalue weighted by Crippen LogP contribution is 2.39. The maximum Gasteiger partial charge on any atom is 0.265 e. The second-order valence-corrected chi connectivity index (χ2v) is 5.78. The summed E-state index contributed by atoms with van der Waals surface area (Å²) in [5.41, 5.74) is 2.34. The Morgan fingerprint density at radius 1 is 1.18 bits per heavy atom. The number of carbonyl (C=O) groups is 1. The molecule has 1 heterocycles. The van der Waals surface area contributed by atoms with Crippen molar-refractivity contribution in [3.8, 4) is 0 Å². The van der Waals surface area contributed by atoms with Gasteiger partial charge in [-0.05, 0) is 17.7 Å². The average Bonchev–Trinajstić information content (AvgIpc) is 2.73. The standard InChI is InChI=1S/C16H11BrN2O3/c17-12-6-7-13-14(10-19(21)22)16(20)18(15(13)8-12)9-11-4-2-1-3-5-11/h1-8,10H,9H2. The molecule has 6 heteroatoms. The molecule has 0 saturated carbocycles. The summed E-state index contributed by atoms with van der Waals surface area (Å²) < 4.78 is 0.819. The van der Waals surface area contributed by atoms with E-state index in [1.807, 2.05) is 30.3 Å². The fourth-order valence-corrected chi connectivity index (χ4v) is 2.83. The molecule has 2 aromatic carbocycles. The number of halogens is 1. The number of nitrogens with zero attached hydrogens (tertiary/aromatic N) is 2. The fourth-order valence-electron chi connectivity index (χ4n) is 2.48. The van der Waals surface area contributed by atoms with Gasteiger partial charge in [0.15, 0.2) is 0 Å². The van der Waals surface area contributed by atoms with Crippen molar-refractivity contribution < 1.29 is 9.72 Å². The molecule has 1 aliphatic heterocycles. The summed E-state index contributed by atoms with van der Waals surface area (Å²) in [6.07, 6.45) is 0.778. The van der Waals surface area contributed by atoms with E-state index in [4.69, 9.17) is 0 Å². The van der Waals surface area contributed by atoms with Crippen LogP contribution in [0, 0.1) is 10.1 Å². The van der Waals surface area contributed by atoms with E-state index < -0.39 is 4.92 Å². The van der Waals surface area contributed by atoms with Crippen LogP contribution in [-0.2, 0) is 11.3 Å². The second kappa shape index (κ2) is 5.73. The number of benzene rings is 2. The summed E-state index contributed by atoms with van der Waals surface area (Å²) in [7, 11) is 0. The molecular formula is C16H11BrN2O3. The number of hydrogen-bond donors (Lipinski definition) is 0. The summed E-state index contributed by atoms with van der Waals surface area (Å²) >= 11 is 3.38. The first-order valence-corrected chi connectivity index (χ1v) is 7.36. The summed E-state index contributed by atoms with van der Waals surface area (Å²) in [5.74, 6) is -0.353. The first-order chi connectivity index (χ1) is 10.6. The summed E-state index contributed by atoms with van der Waals surface area (Å²) in [6, 6.07) is 14.8. The molecule has 0 atom stereocenters. The first kappa shape index (κ1) is 14.5. The van der Waals surface area contributed by atoms with Crippen molar-refractivity contribution in [2.75, 3.05) is 4.90 Å². The average molecular weight is 359 g/mol. The normalized spacial score (nSPS) is 15.2. The number of fused-ring (bicyclic) bond motifs is 1. The molecule has 1 amide bonds. The molecule has 0 unspecified atom stereocenters. The molecule has 5 nitrogen and oxygen atoms in total. The van der Waals surface area contributed by atoms with E-state index >= 15 is 0 Å². The molecule has 3 rings (SSSR count). The maximum absolute atomic E-state index is 12.6. The first-order valence-electron chi connectivity index (χ1n) is 6.57. The highest BCUT2D eigenvalue weighted by atomic mass is 79.9. The van der Waals surface area contributed by atoms with Crippen molar-refractivity contribution in [2.45, 2.75) is 6.54 Å². The molecule has 0 radical (unpaired) electrons. The van der Waals surface area contributed by atoms with Crippen LogP contribution in [0.1, 0.15) is 11.1 Å². The van der Waals surface area contributed by atoms with E-state index in [1.165, 1.54) is 0 Å². The van der Waals surface area contributed by atoms with Crippen molar-refractivity contribution in [1.29, 1.82) is 0 Å². The molecule has 0 bridgehead atoms. The number of hydrogen-bond acceptors (Lipinski definition) is 3. The number of nitro groups is 1. The number of rotatable bonds is 3. The Bertz CT molecular complexity index is 787. The van der Waals surface area contributed by atoms with Crippen molar-refractivity contribution in [1.82, 2.24) is 0 Å². The minimum atomic E-state index is -0.592. The fraction of sp³-hybridized carbons (Fsp3) is 0.0625. The van der Waals surface area contributed by atoms with Gasteiger partial charge in [0.25, 0.3) is 5.91 Å². The van der Waals surface area contributed by atoms with E-state index in [1.54, 1.807) is 23.1 Å². The van der Waals surface area contributed by atoms with Crippen molar-refractivity contribution in [3.63, 3.8) is 0 Å². The zero-order chi connectivity index (χ0) is 15.7. The molecule has 0 aromatic heterocycles. The predicted molar refractivity (Wildman–Crippen MR) is 86.7 cm³/mol. The smallest absolute Gasteiger partial charge is 0.265 e. The topological polar surface area (TPSA) is 63.4 Å². The Morgan fingerprint density at radius 3 is 2.59 bits per heavy atom. The lowest BCUT2D eigenvalue weighted by Gasteiger charge is -2.17. The Balaban J connectivity index is 2.07. The zero-order valence-corrected chi connectivity index (χ0v) is 13.0. The van der Waals surface area contributed by atoms with Gasteiger partial charge in [-0.15, -0.1) is 0 Å². The summed E-state index contributed by atoms with van der Waals surface area (Å²) in [4.78, 5) is 24.3. The van der Waals surface area contributed by atoms with Crippen molar-refractivity contribution >= 4 is 33.1 Å². The van der Waals surface area contributed by atoms with Gasteiger partial charge in [-0.25, -0.2) is 0 Å². The van der Waals surface area contributed by atoms with Gasteiger partial charge in [0.2, 0.25) is 6.20 Å². The minimum absolute atomic E-state index is 0.114. The quantitative estimate of drug-likeness (QED) is 0.478. The molecule has 0 fully saturated rings. The van der Waals surface area contributed by atoms with Crippen LogP contribution in [0.25, 0.3) is 5.57 Å². The molecule has 110 valence electrons. The van der Waals surface area contributed by atoms with E-state index in [0.29, 0.717) is 17.8 Å². The van der Waals surface area contributed by atoms with E-state index in [9.17, 15) is 14.9 Å². The molecule has 22 heavy (non-hydrogen) atoms. The lowest BCUT2D eigenvalue weighted by atomic mass is 10.1. The zero-order valence-electron chi connectivity index (χ0n) is 11.4. The lowest BCUT2D eigenvalue weighted by Crippen LogP contribution is -2.25. The molecular weight excluding hydrogens is 348 g/mol. The van der Waals surface area contributed by atoms with E-state index in [2.05, 4.69) is 15.9 Å².